The van der Waals surface area contributed by atoms with Gasteiger partial charge in [0, 0.05) is 5.92 Å². The first kappa shape index (κ1) is 10.5. The molecule has 0 amide bonds. The van der Waals surface area contributed by atoms with Gasteiger partial charge in [-0.1, -0.05) is 29.8 Å². The monoisotopic (exact) mass is 228 g/mol. The summed E-state index contributed by atoms with van der Waals surface area (Å²) in [4.78, 5) is 14.5. The molecule has 2 rings (SSSR count). The van der Waals surface area contributed by atoms with E-state index in [2.05, 4.69) is 10.1 Å². The summed E-state index contributed by atoms with van der Waals surface area (Å²) in [6.45, 7) is 0. The van der Waals surface area contributed by atoms with Gasteiger partial charge in [0.25, 0.3) is 5.22 Å². The maximum atomic E-state index is 10.3. The SMILES string of the molecule is O=C(O)CSc1nc(C2CCCC2)no1. The van der Waals surface area contributed by atoms with Crippen molar-refractivity contribution in [1.29, 1.82) is 0 Å². The van der Waals surface area contributed by atoms with Gasteiger partial charge < -0.3 is 9.63 Å². The largest absolute Gasteiger partial charge is 0.481 e. The number of rotatable bonds is 4. The first-order valence-electron chi connectivity index (χ1n) is 4.94. The average molecular weight is 228 g/mol. The third-order valence-electron chi connectivity index (χ3n) is 2.46. The highest BCUT2D eigenvalue weighted by Crippen LogP contribution is 2.33. The molecule has 1 heterocycles. The number of carboxylic acids is 1. The van der Waals surface area contributed by atoms with Gasteiger partial charge in [-0.25, -0.2) is 0 Å². The second-order valence-electron chi connectivity index (χ2n) is 3.58. The summed E-state index contributed by atoms with van der Waals surface area (Å²) in [7, 11) is 0. The number of carboxylic acid groups (broad SMARTS) is 1. The van der Waals surface area contributed by atoms with E-state index in [9.17, 15) is 4.79 Å². The summed E-state index contributed by atoms with van der Waals surface area (Å²) in [5, 5.41) is 12.7. The Kier molecular flexibility index (Phi) is 3.25. The van der Waals surface area contributed by atoms with Crippen molar-refractivity contribution in [3.05, 3.63) is 5.82 Å². The summed E-state index contributed by atoms with van der Waals surface area (Å²) >= 11 is 1.07. The van der Waals surface area contributed by atoms with Crippen molar-refractivity contribution in [3.63, 3.8) is 0 Å². The fourth-order valence-electron chi connectivity index (χ4n) is 1.75. The van der Waals surface area contributed by atoms with E-state index < -0.39 is 5.97 Å². The van der Waals surface area contributed by atoms with Crippen molar-refractivity contribution in [2.45, 2.75) is 36.8 Å². The lowest BCUT2D eigenvalue weighted by Gasteiger charge is -1.99. The number of hydrogen-bond acceptors (Lipinski definition) is 5. The van der Waals surface area contributed by atoms with Gasteiger partial charge in [0.2, 0.25) is 0 Å². The lowest BCUT2D eigenvalue weighted by atomic mass is 10.1. The van der Waals surface area contributed by atoms with Crippen LogP contribution in [0.4, 0.5) is 0 Å². The zero-order valence-corrected chi connectivity index (χ0v) is 9.00. The topological polar surface area (TPSA) is 76.2 Å². The quantitative estimate of drug-likeness (QED) is 0.793. The number of aliphatic carboxylic acids is 1. The minimum absolute atomic E-state index is 0.0354. The molecule has 0 aliphatic heterocycles. The van der Waals surface area contributed by atoms with Gasteiger partial charge in [0.1, 0.15) is 5.75 Å². The Balaban J connectivity index is 1.94. The molecule has 0 atom stereocenters. The maximum absolute atomic E-state index is 10.3. The van der Waals surface area contributed by atoms with E-state index in [-0.39, 0.29) is 5.75 Å². The minimum Gasteiger partial charge on any atom is -0.481 e. The molecule has 15 heavy (non-hydrogen) atoms. The normalized spacial score (nSPS) is 17.1. The first-order chi connectivity index (χ1) is 7.25. The molecule has 82 valence electrons. The summed E-state index contributed by atoms with van der Waals surface area (Å²) in [5.74, 6) is 0.237. The summed E-state index contributed by atoms with van der Waals surface area (Å²) < 4.78 is 4.97. The van der Waals surface area contributed by atoms with Crippen LogP contribution in [-0.2, 0) is 4.79 Å². The zero-order chi connectivity index (χ0) is 10.7. The van der Waals surface area contributed by atoms with Gasteiger partial charge in [0.15, 0.2) is 5.82 Å². The van der Waals surface area contributed by atoms with E-state index in [1.807, 2.05) is 0 Å². The van der Waals surface area contributed by atoms with Gasteiger partial charge in [-0.15, -0.1) is 0 Å². The molecule has 6 heteroatoms. The van der Waals surface area contributed by atoms with Crippen molar-refractivity contribution in [2.75, 3.05) is 5.75 Å². The van der Waals surface area contributed by atoms with E-state index in [4.69, 9.17) is 9.63 Å². The van der Waals surface area contributed by atoms with E-state index in [1.54, 1.807) is 0 Å². The van der Waals surface area contributed by atoms with Crippen LogP contribution in [0.3, 0.4) is 0 Å². The van der Waals surface area contributed by atoms with Crippen molar-refractivity contribution in [3.8, 4) is 0 Å². The molecule has 1 saturated carbocycles. The molecular weight excluding hydrogens is 216 g/mol. The first-order valence-corrected chi connectivity index (χ1v) is 5.92. The molecule has 0 aromatic carbocycles. The van der Waals surface area contributed by atoms with E-state index in [1.165, 1.54) is 12.8 Å². The number of nitrogens with zero attached hydrogens (tertiary/aromatic N) is 2. The van der Waals surface area contributed by atoms with Gasteiger partial charge in [-0.05, 0) is 12.8 Å². The Labute approximate surface area is 91.2 Å². The number of hydrogen-bond donors (Lipinski definition) is 1. The lowest BCUT2D eigenvalue weighted by Crippen LogP contribution is -1.98. The van der Waals surface area contributed by atoms with Gasteiger partial charge in [-0.2, -0.15) is 4.98 Å². The maximum Gasteiger partial charge on any atom is 0.314 e. The van der Waals surface area contributed by atoms with Crippen molar-refractivity contribution >= 4 is 17.7 Å². The molecule has 1 aliphatic rings. The van der Waals surface area contributed by atoms with Crippen molar-refractivity contribution in [1.82, 2.24) is 10.1 Å². The molecule has 0 bridgehead atoms. The van der Waals surface area contributed by atoms with Crippen LogP contribution in [0.15, 0.2) is 9.75 Å². The Bertz CT molecular complexity index is 347. The molecule has 5 nitrogen and oxygen atoms in total. The fraction of sp³-hybridized carbons (Fsp3) is 0.667. The highest BCUT2D eigenvalue weighted by atomic mass is 32.2. The van der Waals surface area contributed by atoms with Gasteiger partial charge >= 0.3 is 5.97 Å². The highest BCUT2D eigenvalue weighted by molar-refractivity contribution is 7.99. The second-order valence-corrected chi connectivity index (χ2v) is 4.51. The van der Waals surface area contributed by atoms with Crippen LogP contribution in [0.1, 0.15) is 37.4 Å². The predicted octanol–water partition coefficient (Wildman–Crippen LogP) is 1.90. The standard InChI is InChI=1S/C9H12N2O3S/c12-7(13)5-15-9-10-8(11-14-9)6-3-1-2-4-6/h6H,1-5H2,(H,12,13). The fourth-order valence-corrected chi connectivity index (χ4v) is 2.25. The van der Waals surface area contributed by atoms with Gasteiger partial charge in [0.05, 0.1) is 0 Å². The second kappa shape index (κ2) is 4.65. The molecule has 1 aromatic heterocycles. The smallest absolute Gasteiger partial charge is 0.314 e. The Morgan fingerprint density at radius 1 is 1.53 bits per heavy atom. The Morgan fingerprint density at radius 2 is 2.27 bits per heavy atom. The van der Waals surface area contributed by atoms with Crippen LogP contribution in [0, 0.1) is 0 Å². The zero-order valence-electron chi connectivity index (χ0n) is 8.18. The number of carbonyl (C=O) groups is 1. The molecule has 0 radical (unpaired) electrons. The third-order valence-corrected chi connectivity index (χ3v) is 3.27. The Morgan fingerprint density at radius 3 is 2.93 bits per heavy atom. The van der Waals surface area contributed by atoms with Crippen LogP contribution in [0.2, 0.25) is 0 Å². The van der Waals surface area contributed by atoms with Crippen LogP contribution < -0.4 is 0 Å². The molecular formula is C9H12N2O3S. The molecule has 1 fully saturated rings. The number of thioether (sulfide) groups is 1. The molecule has 0 spiro atoms. The minimum atomic E-state index is -0.874. The van der Waals surface area contributed by atoms with Gasteiger partial charge in [-0.3, -0.25) is 4.79 Å². The van der Waals surface area contributed by atoms with Crippen LogP contribution in [-0.4, -0.2) is 27.0 Å². The lowest BCUT2D eigenvalue weighted by molar-refractivity contribution is -0.133. The van der Waals surface area contributed by atoms with E-state index in [0.717, 1.165) is 30.4 Å². The molecule has 0 unspecified atom stereocenters. The van der Waals surface area contributed by atoms with Crippen LogP contribution in [0.25, 0.3) is 0 Å². The molecule has 0 saturated heterocycles. The average Bonchev–Trinajstić information content (AvgIpc) is 2.85. The highest BCUT2D eigenvalue weighted by Gasteiger charge is 2.22. The van der Waals surface area contributed by atoms with E-state index in [0.29, 0.717) is 11.1 Å². The van der Waals surface area contributed by atoms with Crippen LogP contribution in [0.5, 0.6) is 0 Å². The Hall–Kier alpha value is -1.04. The predicted molar refractivity (Wildman–Crippen MR) is 53.9 cm³/mol. The third kappa shape index (κ3) is 2.71. The molecule has 1 N–H and O–H groups in total. The van der Waals surface area contributed by atoms with E-state index >= 15 is 0 Å². The van der Waals surface area contributed by atoms with Crippen molar-refractivity contribution in [2.24, 2.45) is 0 Å². The van der Waals surface area contributed by atoms with Crippen LogP contribution >= 0.6 is 11.8 Å². The molecule has 1 aromatic rings. The number of aromatic nitrogens is 2. The summed E-state index contributed by atoms with van der Waals surface area (Å²) in [5.41, 5.74) is 0. The molecule has 1 aliphatic carbocycles. The summed E-state index contributed by atoms with van der Waals surface area (Å²) in [6, 6.07) is 0. The summed E-state index contributed by atoms with van der Waals surface area (Å²) in [6.07, 6.45) is 4.67. The van der Waals surface area contributed by atoms with Crippen molar-refractivity contribution < 1.29 is 14.4 Å².